The van der Waals surface area contributed by atoms with Crippen molar-refractivity contribution in [2.24, 2.45) is 10.7 Å². The Balaban J connectivity index is 2.17. The topological polar surface area (TPSA) is 59.6 Å². The fourth-order valence-electron chi connectivity index (χ4n) is 1.49. The lowest BCUT2D eigenvalue weighted by Gasteiger charge is -2.08. The zero-order chi connectivity index (χ0) is 14.8. The van der Waals surface area contributed by atoms with Crippen molar-refractivity contribution < 1.29 is 4.74 Å². The minimum atomic E-state index is 0.449. The van der Waals surface area contributed by atoms with E-state index in [1.54, 1.807) is 12.1 Å². The number of guanidine groups is 1. The van der Waals surface area contributed by atoms with Gasteiger partial charge in [-0.3, -0.25) is 4.99 Å². The SMILES string of the molecule is CCCCN=C(N)NCCOCc1ccc(Cl)cc1Cl. The Kier molecular flexibility index (Phi) is 8.42. The third-order valence-electron chi connectivity index (χ3n) is 2.62. The second-order valence-corrected chi connectivity index (χ2v) is 5.18. The number of hydrogen-bond acceptors (Lipinski definition) is 2. The molecule has 0 unspecified atom stereocenters. The lowest BCUT2D eigenvalue weighted by molar-refractivity contribution is 0.125. The molecule has 1 aromatic carbocycles. The van der Waals surface area contributed by atoms with Crippen LogP contribution in [0.3, 0.4) is 0 Å². The van der Waals surface area contributed by atoms with Crippen molar-refractivity contribution in [1.82, 2.24) is 5.32 Å². The highest BCUT2D eigenvalue weighted by atomic mass is 35.5. The second-order valence-electron chi connectivity index (χ2n) is 4.34. The smallest absolute Gasteiger partial charge is 0.188 e. The van der Waals surface area contributed by atoms with Crippen LogP contribution in [-0.4, -0.2) is 25.7 Å². The number of halogens is 2. The summed E-state index contributed by atoms with van der Waals surface area (Å²) in [6, 6.07) is 5.36. The van der Waals surface area contributed by atoms with Gasteiger partial charge in [0.1, 0.15) is 0 Å². The molecule has 1 rings (SSSR count). The highest BCUT2D eigenvalue weighted by molar-refractivity contribution is 6.35. The monoisotopic (exact) mass is 317 g/mol. The largest absolute Gasteiger partial charge is 0.375 e. The summed E-state index contributed by atoms with van der Waals surface area (Å²) in [6.45, 7) is 4.48. The molecule has 6 heteroatoms. The first-order valence-electron chi connectivity index (χ1n) is 6.69. The molecule has 0 atom stereocenters. The van der Waals surface area contributed by atoms with Gasteiger partial charge < -0.3 is 15.8 Å². The van der Waals surface area contributed by atoms with Gasteiger partial charge in [0.05, 0.1) is 13.2 Å². The first-order valence-corrected chi connectivity index (χ1v) is 7.44. The Hall–Kier alpha value is -0.970. The highest BCUT2D eigenvalue weighted by Crippen LogP contribution is 2.21. The lowest BCUT2D eigenvalue weighted by Crippen LogP contribution is -2.34. The van der Waals surface area contributed by atoms with E-state index in [-0.39, 0.29) is 0 Å². The third kappa shape index (κ3) is 6.98. The molecule has 0 aliphatic rings. The molecule has 0 radical (unpaired) electrons. The number of benzene rings is 1. The Morgan fingerprint density at radius 2 is 2.20 bits per heavy atom. The van der Waals surface area contributed by atoms with Gasteiger partial charge in [0.2, 0.25) is 0 Å². The maximum atomic E-state index is 6.04. The number of aliphatic imine (C=N–C) groups is 1. The van der Waals surface area contributed by atoms with Crippen LogP contribution in [0.25, 0.3) is 0 Å². The van der Waals surface area contributed by atoms with Crippen LogP contribution < -0.4 is 11.1 Å². The van der Waals surface area contributed by atoms with Crippen LogP contribution in [0.4, 0.5) is 0 Å². The molecule has 0 aliphatic carbocycles. The minimum absolute atomic E-state index is 0.449. The molecular formula is C14H21Cl2N3O. The number of nitrogens with one attached hydrogen (secondary N) is 1. The number of nitrogens with two attached hydrogens (primary N) is 1. The maximum Gasteiger partial charge on any atom is 0.188 e. The zero-order valence-corrected chi connectivity index (χ0v) is 13.2. The molecule has 0 amide bonds. The summed E-state index contributed by atoms with van der Waals surface area (Å²) in [5.41, 5.74) is 6.61. The zero-order valence-electron chi connectivity index (χ0n) is 11.7. The Labute approximate surface area is 130 Å². The normalized spacial score (nSPS) is 11.7. The molecule has 0 aromatic heterocycles. The molecule has 0 saturated heterocycles. The average Bonchev–Trinajstić information content (AvgIpc) is 2.41. The van der Waals surface area contributed by atoms with Crippen LogP contribution in [0.15, 0.2) is 23.2 Å². The minimum Gasteiger partial charge on any atom is -0.375 e. The van der Waals surface area contributed by atoms with E-state index in [9.17, 15) is 0 Å². The van der Waals surface area contributed by atoms with E-state index in [1.807, 2.05) is 6.07 Å². The van der Waals surface area contributed by atoms with E-state index in [1.165, 1.54) is 0 Å². The Morgan fingerprint density at radius 3 is 2.90 bits per heavy atom. The molecule has 0 aliphatic heterocycles. The molecule has 0 heterocycles. The van der Waals surface area contributed by atoms with Gasteiger partial charge in [-0.2, -0.15) is 0 Å². The van der Waals surface area contributed by atoms with Crippen molar-refractivity contribution in [3.05, 3.63) is 33.8 Å². The molecule has 4 nitrogen and oxygen atoms in total. The van der Waals surface area contributed by atoms with E-state index in [0.29, 0.717) is 35.8 Å². The summed E-state index contributed by atoms with van der Waals surface area (Å²) in [5, 5.41) is 4.24. The standard InChI is InChI=1S/C14H21Cl2N3O/c1-2-3-6-18-14(17)19-7-8-20-10-11-4-5-12(15)9-13(11)16/h4-5,9H,2-3,6-8,10H2,1H3,(H3,17,18,19). The fraction of sp³-hybridized carbons (Fsp3) is 0.500. The van der Waals surface area contributed by atoms with Crippen LogP contribution in [0.2, 0.25) is 10.0 Å². The Bertz CT molecular complexity index is 438. The molecule has 0 fully saturated rings. The van der Waals surface area contributed by atoms with E-state index in [0.717, 1.165) is 24.9 Å². The van der Waals surface area contributed by atoms with Gasteiger partial charge in [0.25, 0.3) is 0 Å². The molecule has 112 valence electrons. The predicted octanol–water partition coefficient (Wildman–Crippen LogP) is 3.21. The van der Waals surface area contributed by atoms with Crippen LogP contribution >= 0.6 is 23.2 Å². The molecule has 20 heavy (non-hydrogen) atoms. The maximum absolute atomic E-state index is 6.04. The summed E-state index contributed by atoms with van der Waals surface area (Å²) >= 11 is 11.9. The molecule has 3 N–H and O–H groups in total. The molecule has 0 saturated carbocycles. The van der Waals surface area contributed by atoms with Gasteiger partial charge in [-0.05, 0) is 24.1 Å². The summed E-state index contributed by atoms with van der Waals surface area (Å²) in [6.07, 6.45) is 2.16. The van der Waals surface area contributed by atoms with Crippen LogP contribution in [0.1, 0.15) is 25.3 Å². The van der Waals surface area contributed by atoms with Gasteiger partial charge in [0.15, 0.2) is 5.96 Å². The summed E-state index contributed by atoms with van der Waals surface area (Å²) < 4.78 is 5.52. The van der Waals surface area contributed by atoms with Gasteiger partial charge in [-0.25, -0.2) is 0 Å². The van der Waals surface area contributed by atoms with Crippen molar-refractivity contribution in [2.45, 2.75) is 26.4 Å². The first-order chi connectivity index (χ1) is 9.63. The van der Waals surface area contributed by atoms with Crippen LogP contribution in [-0.2, 0) is 11.3 Å². The predicted molar refractivity (Wildman–Crippen MR) is 85.5 cm³/mol. The van der Waals surface area contributed by atoms with Gasteiger partial charge in [-0.1, -0.05) is 42.6 Å². The van der Waals surface area contributed by atoms with Gasteiger partial charge in [0, 0.05) is 23.1 Å². The number of rotatable bonds is 8. The van der Waals surface area contributed by atoms with Gasteiger partial charge >= 0.3 is 0 Å². The number of hydrogen-bond donors (Lipinski definition) is 2. The number of ether oxygens (including phenoxy) is 1. The molecule has 0 bridgehead atoms. The van der Waals surface area contributed by atoms with Crippen molar-refractivity contribution in [3.63, 3.8) is 0 Å². The van der Waals surface area contributed by atoms with Gasteiger partial charge in [-0.15, -0.1) is 0 Å². The van der Waals surface area contributed by atoms with E-state index < -0.39 is 0 Å². The summed E-state index contributed by atoms with van der Waals surface area (Å²) in [4.78, 5) is 4.19. The van der Waals surface area contributed by atoms with Crippen molar-refractivity contribution in [3.8, 4) is 0 Å². The Morgan fingerprint density at radius 1 is 1.40 bits per heavy atom. The molecule has 1 aromatic rings. The highest BCUT2D eigenvalue weighted by Gasteiger charge is 2.01. The molecular weight excluding hydrogens is 297 g/mol. The van der Waals surface area contributed by atoms with Crippen LogP contribution in [0.5, 0.6) is 0 Å². The van der Waals surface area contributed by atoms with Crippen LogP contribution in [0, 0.1) is 0 Å². The summed E-state index contributed by atoms with van der Waals surface area (Å²) in [7, 11) is 0. The number of unbranched alkanes of at least 4 members (excludes halogenated alkanes) is 1. The molecule has 0 spiro atoms. The van der Waals surface area contributed by atoms with E-state index >= 15 is 0 Å². The van der Waals surface area contributed by atoms with Crippen molar-refractivity contribution in [1.29, 1.82) is 0 Å². The summed E-state index contributed by atoms with van der Waals surface area (Å²) in [5.74, 6) is 0.464. The lowest BCUT2D eigenvalue weighted by atomic mass is 10.2. The van der Waals surface area contributed by atoms with Crippen molar-refractivity contribution >= 4 is 29.2 Å². The van der Waals surface area contributed by atoms with E-state index in [4.69, 9.17) is 33.7 Å². The number of nitrogens with zero attached hydrogens (tertiary/aromatic N) is 1. The first kappa shape index (κ1) is 17.1. The van der Waals surface area contributed by atoms with Crippen molar-refractivity contribution in [2.75, 3.05) is 19.7 Å². The average molecular weight is 318 g/mol. The second kappa shape index (κ2) is 9.86. The fourth-order valence-corrected chi connectivity index (χ4v) is 1.95. The van der Waals surface area contributed by atoms with E-state index in [2.05, 4.69) is 17.2 Å². The quantitative estimate of drug-likeness (QED) is 0.439. The third-order valence-corrected chi connectivity index (χ3v) is 3.21.